The van der Waals surface area contributed by atoms with E-state index in [0.717, 1.165) is 11.3 Å². The van der Waals surface area contributed by atoms with E-state index in [0.29, 0.717) is 12.2 Å². The van der Waals surface area contributed by atoms with Crippen LogP contribution in [0.4, 0.5) is 0 Å². The zero-order chi connectivity index (χ0) is 9.84. The van der Waals surface area contributed by atoms with Crippen molar-refractivity contribution in [2.75, 3.05) is 13.6 Å². The summed E-state index contributed by atoms with van der Waals surface area (Å²) in [6, 6.07) is 3.69. The molecule has 0 saturated heterocycles. The number of likely N-dealkylation sites (N-methyl/N-ethyl adjacent to an activating group) is 1. The lowest BCUT2D eigenvalue weighted by atomic mass is 10.2. The Morgan fingerprint density at radius 1 is 1.46 bits per heavy atom. The van der Waals surface area contributed by atoms with Gasteiger partial charge in [-0.1, -0.05) is 6.07 Å². The molecule has 0 radical (unpaired) electrons. The molecule has 1 rings (SSSR count). The van der Waals surface area contributed by atoms with Crippen LogP contribution in [-0.2, 0) is 0 Å². The summed E-state index contributed by atoms with van der Waals surface area (Å²) in [5, 5.41) is 2.81. The van der Waals surface area contributed by atoms with Gasteiger partial charge in [0.05, 0.1) is 6.54 Å². The van der Waals surface area contributed by atoms with Gasteiger partial charge in [0.25, 0.3) is 0 Å². The zero-order valence-electron chi connectivity index (χ0n) is 8.22. The summed E-state index contributed by atoms with van der Waals surface area (Å²) in [6.07, 6.45) is 0. The van der Waals surface area contributed by atoms with Crippen LogP contribution in [0.25, 0.3) is 0 Å². The Morgan fingerprint density at radius 3 is 2.69 bits per heavy atom. The fraction of sp³-hybridized carbons (Fsp3) is 0.400. The standard InChI is InChI=1S/C10H14N2O/c1-7-4-5-9(12-8(7)2)10(13)6-11-3/h4-5,11H,6H2,1-3H3. The van der Waals surface area contributed by atoms with Crippen molar-refractivity contribution in [3.8, 4) is 0 Å². The lowest BCUT2D eigenvalue weighted by molar-refractivity contribution is 0.0988. The van der Waals surface area contributed by atoms with Gasteiger partial charge in [0.1, 0.15) is 5.69 Å². The molecule has 3 nitrogen and oxygen atoms in total. The monoisotopic (exact) mass is 178 g/mol. The highest BCUT2D eigenvalue weighted by atomic mass is 16.1. The molecule has 0 saturated carbocycles. The average Bonchev–Trinajstić information content (AvgIpc) is 2.10. The molecule has 1 N–H and O–H groups in total. The van der Waals surface area contributed by atoms with E-state index in [2.05, 4.69) is 10.3 Å². The smallest absolute Gasteiger partial charge is 0.194 e. The van der Waals surface area contributed by atoms with Crippen molar-refractivity contribution in [2.45, 2.75) is 13.8 Å². The topological polar surface area (TPSA) is 42.0 Å². The molecule has 0 spiro atoms. The maximum atomic E-state index is 11.4. The van der Waals surface area contributed by atoms with Crippen molar-refractivity contribution in [1.82, 2.24) is 10.3 Å². The molecule has 3 heteroatoms. The summed E-state index contributed by atoms with van der Waals surface area (Å²) in [5.41, 5.74) is 2.57. The number of aromatic nitrogens is 1. The molecule has 0 atom stereocenters. The van der Waals surface area contributed by atoms with E-state index in [-0.39, 0.29) is 5.78 Å². The van der Waals surface area contributed by atoms with Crippen LogP contribution in [-0.4, -0.2) is 24.4 Å². The molecule has 0 aliphatic rings. The van der Waals surface area contributed by atoms with Crippen LogP contribution < -0.4 is 5.32 Å². The fourth-order valence-corrected chi connectivity index (χ4v) is 1.04. The Bertz CT molecular complexity index is 321. The first-order chi connectivity index (χ1) is 6.15. The number of carbonyl (C=O) groups excluding carboxylic acids is 1. The lowest BCUT2D eigenvalue weighted by Gasteiger charge is -2.02. The van der Waals surface area contributed by atoms with Crippen LogP contribution in [0.3, 0.4) is 0 Å². The van der Waals surface area contributed by atoms with Gasteiger partial charge in [0.2, 0.25) is 0 Å². The van der Waals surface area contributed by atoms with Gasteiger partial charge in [-0.05, 0) is 32.5 Å². The third-order valence-electron chi connectivity index (χ3n) is 1.97. The summed E-state index contributed by atoms with van der Waals surface area (Å²) in [6.45, 7) is 4.23. The molecular weight excluding hydrogens is 164 g/mol. The van der Waals surface area contributed by atoms with Crippen LogP contribution in [0.15, 0.2) is 12.1 Å². The minimum absolute atomic E-state index is 0.0330. The first-order valence-electron chi connectivity index (χ1n) is 4.27. The van der Waals surface area contributed by atoms with E-state index in [4.69, 9.17) is 0 Å². The molecule has 1 aromatic heterocycles. The fourth-order valence-electron chi connectivity index (χ4n) is 1.04. The Hall–Kier alpha value is -1.22. The molecule has 0 amide bonds. The van der Waals surface area contributed by atoms with Gasteiger partial charge in [-0.15, -0.1) is 0 Å². The quantitative estimate of drug-likeness (QED) is 0.705. The minimum atomic E-state index is 0.0330. The molecule has 0 aromatic carbocycles. The minimum Gasteiger partial charge on any atom is -0.313 e. The van der Waals surface area contributed by atoms with Gasteiger partial charge in [0.15, 0.2) is 5.78 Å². The summed E-state index contributed by atoms with van der Waals surface area (Å²) >= 11 is 0. The highest BCUT2D eigenvalue weighted by Gasteiger charge is 2.06. The summed E-state index contributed by atoms with van der Waals surface area (Å²) in [4.78, 5) is 15.6. The molecule has 0 fully saturated rings. The Kier molecular flexibility index (Phi) is 3.14. The molecule has 70 valence electrons. The second kappa shape index (κ2) is 4.14. The van der Waals surface area contributed by atoms with Crippen molar-refractivity contribution in [3.05, 3.63) is 29.1 Å². The zero-order valence-corrected chi connectivity index (χ0v) is 8.22. The van der Waals surface area contributed by atoms with Crippen LogP contribution in [0.5, 0.6) is 0 Å². The van der Waals surface area contributed by atoms with Crippen molar-refractivity contribution in [3.63, 3.8) is 0 Å². The van der Waals surface area contributed by atoms with E-state index in [1.165, 1.54) is 0 Å². The molecule has 0 bridgehead atoms. The molecule has 1 aromatic rings. The van der Waals surface area contributed by atoms with Crippen LogP contribution >= 0.6 is 0 Å². The maximum Gasteiger partial charge on any atom is 0.194 e. The molecule has 0 aliphatic heterocycles. The summed E-state index contributed by atoms with van der Waals surface area (Å²) in [7, 11) is 1.75. The third-order valence-corrected chi connectivity index (χ3v) is 1.97. The van der Waals surface area contributed by atoms with Crippen molar-refractivity contribution >= 4 is 5.78 Å². The van der Waals surface area contributed by atoms with Gasteiger partial charge in [-0.25, -0.2) is 4.98 Å². The summed E-state index contributed by atoms with van der Waals surface area (Å²) < 4.78 is 0. The molecule has 13 heavy (non-hydrogen) atoms. The number of hydrogen-bond donors (Lipinski definition) is 1. The number of carbonyl (C=O) groups is 1. The molecule has 0 unspecified atom stereocenters. The van der Waals surface area contributed by atoms with Gasteiger partial charge in [0, 0.05) is 5.69 Å². The number of aryl methyl sites for hydroxylation is 2. The van der Waals surface area contributed by atoms with E-state index in [1.807, 2.05) is 19.9 Å². The molecule has 1 heterocycles. The van der Waals surface area contributed by atoms with E-state index >= 15 is 0 Å². The number of Topliss-reactive ketones (excluding diaryl/α,β-unsaturated/α-hetero) is 1. The Labute approximate surface area is 78.2 Å². The van der Waals surface area contributed by atoms with Gasteiger partial charge in [-0.2, -0.15) is 0 Å². The second-order valence-corrected chi connectivity index (χ2v) is 3.05. The normalized spacial score (nSPS) is 10.1. The number of pyridine rings is 1. The molecule has 0 aliphatic carbocycles. The SMILES string of the molecule is CNCC(=O)c1ccc(C)c(C)n1. The number of ketones is 1. The average molecular weight is 178 g/mol. The third kappa shape index (κ3) is 2.36. The second-order valence-electron chi connectivity index (χ2n) is 3.05. The van der Waals surface area contributed by atoms with E-state index in [9.17, 15) is 4.79 Å². The maximum absolute atomic E-state index is 11.4. The number of nitrogens with zero attached hydrogens (tertiary/aromatic N) is 1. The van der Waals surface area contributed by atoms with E-state index in [1.54, 1.807) is 13.1 Å². The van der Waals surface area contributed by atoms with Crippen molar-refractivity contribution < 1.29 is 4.79 Å². The highest BCUT2D eigenvalue weighted by Crippen LogP contribution is 2.05. The predicted octanol–water partition coefficient (Wildman–Crippen LogP) is 1.10. The molecular formula is C10H14N2O. The van der Waals surface area contributed by atoms with Crippen LogP contribution in [0, 0.1) is 13.8 Å². The highest BCUT2D eigenvalue weighted by molar-refractivity contribution is 5.95. The first kappa shape index (κ1) is 9.86. The van der Waals surface area contributed by atoms with Crippen LogP contribution in [0.1, 0.15) is 21.7 Å². The number of rotatable bonds is 3. The number of hydrogen-bond acceptors (Lipinski definition) is 3. The predicted molar refractivity (Wildman–Crippen MR) is 52.0 cm³/mol. The summed E-state index contributed by atoms with van der Waals surface area (Å²) in [5.74, 6) is 0.0330. The number of nitrogens with one attached hydrogen (secondary N) is 1. The largest absolute Gasteiger partial charge is 0.313 e. The van der Waals surface area contributed by atoms with Crippen molar-refractivity contribution in [2.24, 2.45) is 0 Å². The van der Waals surface area contributed by atoms with Gasteiger partial charge >= 0.3 is 0 Å². The van der Waals surface area contributed by atoms with E-state index < -0.39 is 0 Å². The van der Waals surface area contributed by atoms with Crippen molar-refractivity contribution in [1.29, 1.82) is 0 Å². The van der Waals surface area contributed by atoms with Gasteiger partial charge in [-0.3, -0.25) is 4.79 Å². The van der Waals surface area contributed by atoms with Crippen LogP contribution in [0.2, 0.25) is 0 Å². The first-order valence-corrected chi connectivity index (χ1v) is 4.27. The van der Waals surface area contributed by atoms with Gasteiger partial charge < -0.3 is 5.32 Å². The Morgan fingerprint density at radius 2 is 2.15 bits per heavy atom. The Balaban J connectivity index is 2.90. The lowest BCUT2D eigenvalue weighted by Crippen LogP contribution is -2.19.